The summed E-state index contributed by atoms with van der Waals surface area (Å²) in [6.07, 6.45) is 1.79. The second-order valence-corrected chi connectivity index (χ2v) is 6.00. The van der Waals surface area contributed by atoms with E-state index in [0.29, 0.717) is 6.61 Å². The highest BCUT2D eigenvalue weighted by Gasteiger charge is 2.09. The zero-order valence-electron chi connectivity index (χ0n) is 12.4. The van der Waals surface area contributed by atoms with Gasteiger partial charge in [0.05, 0.1) is 5.52 Å². The van der Waals surface area contributed by atoms with E-state index in [2.05, 4.69) is 37.7 Å². The summed E-state index contributed by atoms with van der Waals surface area (Å²) in [5.74, 6) is 0.827. The summed E-state index contributed by atoms with van der Waals surface area (Å²) in [6.45, 7) is 11.7. The van der Waals surface area contributed by atoms with Crippen LogP contribution >= 0.6 is 0 Å². The molecule has 2 rings (SSSR count). The Kier molecular flexibility index (Phi) is 4.40. The highest BCUT2D eigenvalue weighted by Crippen LogP contribution is 2.19. The van der Waals surface area contributed by atoms with E-state index in [9.17, 15) is 0 Å². The van der Waals surface area contributed by atoms with Gasteiger partial charge in [-0.15, -0.1) is 0 Å². The second kappa shape index (κ2) is 6.06. The molecule has 1 heterocycles. The molecule has 0 aliphatic carbocycles. The summed E-state index contributed by atoms with van der Waals surface area (Å²) in [6, 6.07) is 9.92. The smallest absolute Gasteiger partial charge is 0.121 e. The number of nitrogens with zero attached hydrogens (tertiary/aromatic N) is 1. The van der Waals surface area contributed by atoms with Gasteiger partial charge in [0.15, 0.2) is 0 Å². The number of aromatic nitrogens is 1. The van der Waals surface area contributed by atoms with Crippen LogP contribution in [0.15, 0.2) is 48.7 Å². The zero-order valence-corrected chi connectivity index (χ0v) is 12.4. The maximum Gasteiger partial charge on any atom is 0.121 e. The Morgan fingerprint density at radius 3 is 2.85 bits per heavy atom. The molecule has 1 aromatic heterocycles. The second-order valence-electron chi connectivity index (χ2n) is 6.00. The van der Waals surface area contributed by atoms with Crippen LogP contribution in [0.2, 0.25) is 0 Å². The third-order valence-electron chi connectivity index (χ3n) is 2.89. The Labute approximate surface area is 120 Å². The first kappa shape index (κ1) is 14.5. The molecule has 0 unspecified atom stereocenters. The summed E-state index contributed by atoms with van der Waals surface area (Å²) in [5, 5.41) is 4.51. The number of hydrogen-bond acceptors (Lipinski definition) is 3. The van der Waals surface area contributed by atoms with Gasteiger partial charge in [-0.25, -0.2) is 0 Å². The van der Waals surface area contributed by atoms with E-state index in [1.165, 1.54) is 0 Å². The van der Waals surface area contributed by atoms with Crippen molar-refractivity contribution in [3.63, 3.8) is 0 Å². The quantitative estimate of drug-likeness (QED) is 0.844. The zero-order chi connectivity index (χ0) is 14.6. The van der Waals surface area contributed by atoms with E-state index in [1.54, 1.807) is 6.20 Å². The molecule has 0 aliphatic heterocycles. The van der Waals surface area contributed by atoms with Crippen molar-refractivity contribution < 1.29 is 4.74 Å². The molecule has 0 atom stereocenters. The Balaban J connectivity index is 1.90. The van der Waals surface area contributed by atoms with Crippen LogP contribution in [0.1, 0.15) is 20.8 Å². The molecule has 3 heteroatoms. The topological polar surface area (TPSA) is 34.1 Å². The van der Waals surface area contributed by atoms with Gasteiger partial charge < -0.3 is 10.1 Å². The van der Waals surface area contributed by atoms with Crippen molar-refractivity contribution in [2.75, 3.05) is 13.2 Å². The van der Waals surface area contributed by atoms with Gasteiger partial charge in [-0.3, -0.25) is 4.98 Å². The Bertz CT molecular complexity index is 599. The summed E-state index contributed by atoms with van der Waals surface area (Å²) in [7, 11) is 0. The third-order valence-corrected chi connectivity index (χ3v) is 2.89. The van der Waals surface area contributed by atoms with Crippen LogP contribution in [0.4, 0.5) is 0 Å². The van der Waals surface area contributed by atoms with Crippen molar-refractivity contribution in [1.29, 1.82) is 0 Å². The van der Waals surface area contributed by atoms with Gasteiger partial charge in [-0.2, -0.15) is 0 Å². The lowest BCUT2D eigenvalue weighted by molar-refractivity contribution is 0.342. The van der Waals surface area contributed by atoms with Crippen LogP contribution in [0.5, 0.6) is 5.75 Å². The molecule has 20 heavy (non-hydrogen) atoms. The molecule has 106 valence electrons. The predicted octanol–water partition coefficient (Wildman–Crippen LogP) is 3.56. The molecule has 0 saturated carbocycles. The van der Waals surface area contributed by atoms with Crippen LogP contribution in [0, 0.1) is 0 Å². The Morgan fingerprint density at radius 1 is 1.30 bits per heavy atom. The van der Waals surface area contributed by atoms with Gasteiger partial charge in [0.1, 0.15) is 12.4 Å². The van der Waals surface area contributed by atoms with E-state index in [4.69, 9.17) is 4.74 Å². The average molecular weight is 270 g/mol. The minimum Gasteiger partial charge on any atom is -0.489 e. The fourth-order valence-electron chi connectivity index (χ4n) is 1.76. The first-order chi connectivity index (χ1) is 9.44. The van der Waals surface area contributed by atoms with Crippen LogP contribution in [-0.2, 0) is 0 Å². The SMILES string of the molecule is C=C(CNC(C)(C)C)COc1ccc2cccnc2c1. The van der Waals surface area contributed by atoms with Gasteiger partial charge in [0.2, 0.25) is 0 Å². The van der Waals surface area contributed by atoms with E-state index >= 15 is 0 Å². The summed E-state index contributed by atoms with van der Waals surface area (Å²) >= 11 is 0. The number of pyridine rings is 1. The van der Waals surface area contributed by atoms with Gasteiger partial charge in [0, 0.05) is 29.7 Å². The minimum atomic E-state index is 0.0931. The average Bonchev–Trinajstić information content (AvgIpc) is 2.42. The maximum absolute atomic E-state index is 5.76. The van der Waals surface area contributed by atoms with Crippen molar-refractivity contribution in [3.05, 3.63) is 48.7 Å². The van der Waals surface area contributed by atoms with Gasteiger partial charge in [-0.1, -0.05) is 12.6 Å². The monoisotopic (exact) mass is 270 g/mol. The first-order valence-electron chi connectivity index (χ1n) is 6.83. The molecule has 1 aromatic carbocycles. The molecule has 1 N–H and O–H groups in total. The summed E-state index contributed by atoms with van der Waals surface area (Å²) in [4.78, 5) is 4.32. The number of ether oxygens (including phenoxy) is 1. The predicted molar refractivity (Wildman–Crippen MR) is 84.1 cm³/mol. The molecule has 0 spiro atoms. The molecule has 0 radical (unpaired) electrons. The molecule has 0 aliphatic rings. The first-order valence-corrected chi connectivity index (χ1v) is 6.83. The van der Waals surface area contributed by atoms with E-state index < -0.39 is 0 Å². The fraction of sp³-hybridized carbons (Fsp3) is 0.353. The van der Waals surface area contributed by atoms with Crippen molar-refractivity contribution in [3.8, 4) is 5.75 Å². The lowest BCUT2D eigenvalue weighted by Gasteiger charge is -2.21. The van der Waals surface area contributed by atoms with Crippen LogP contribution in [0.3, 0.4) is 0 Å². The molecule has 0 fully saturated rings. The number of nitrogens with one attached hydrogen (secondary N) is 1. The molecule has 0 bridgehead atoms. The van der Waals surface area contributed by atoms with Gasteiger partial charge in [-0.05, 0) is 44.5 Å². The van der Waals surface area contributed by atoms with Crippen LogP contribution in [-0.4, -0.2) is 23.7 Å². The standard InChI is InChI=1S/C17H22N2O/c1-13(11-19-17(2,3)4)12-20-15-8-7-14-6-5-9-18-16(14)10-15/h5-10,19H,1,11-12H2,2-4H3. The molecule has 0 saturated heterocycles. The largest absolute Gasteiger partial charge is 0.489 e. The highest BCUT2D eigenvalue weighted by molar-refractivity contribution is 5.79. The number of fused-ring (bicyclic) bond motifs is 1. The van der Waals surface area contributed by atoms with E-state index in [0.717, 1.165) is 28.8 Å². The molecule has 2 aromatic rings. The van der Waals surface area contributed by atoms with Gasteiger partial charge in [0.25, 0.3) is 0 Å². The third kappa shape index (κ3) is 4.35. The number of rotatable bonds is 5. The maximum atomic E-state index is 5.76. The van der Waals surface area contributed by atoms with E-state index in [1.807, 2.05) is 30.3 Å². The molecular formula is C17H22N2O. The van der Waals surface area contributed by atoms with Crippen molar-refractivity contribution in [2.24, 2.45) is 0 Å². The molecule has 0 amide bonds. The van der Waals surface area contributed by atoms with Gasteiger partial charge >= 0.3 is 0 Å². The van der Waals surface area contributed by atoms with Crippen LogP contribution in [0.25, 0.3) is 10.9 Å². The Hall–Kier alpha value is -1.87. The number of hydrogen-bond donors (Lipinski definition) is 1. The number of benzene rings is 1. The Morgan fingerprint density at radius 2 is 2.10 bits per heavy atom. The summed E-state index contributed by atoms with van der Waals surface area (Å²) < 4.78 is 5.76. The normalized spacial score (nSPS) is 11.6. The molecular weight excluding hydrogens is 248 g/mol. The minimum absolute atomic E-state index is 0.0931. The highest BCUT2D eigenvalue weighted by atomic mass is 16.5. The summed E-state index contributed by atoms with van der Waals surface area (Å²) in [5.41, 5.74) is 2.07. The molecule has 3 nitrogen and oxygen atoms in total. The van der Waals surface area contributed by atoms with Crippen molar-refractivity contribution in [1.82, 2.24) is 10.3 Å². The van der Waals surface area contributed by atoms with Crippen LogP contribution < -0.4 is 10.1 Å². The lowest BCUT2D eigenvalue weighted by atomic mass is 10.1. The van der Waals surface area contributed by atoms with E-state index in [-0.39, 0.29) is 5.54 Å². The van der Waals surface area contributed by atoms with Crippen molar-refractivity contribution in [2.45, 2.75) is 26.3 Å². The fourth-order valence-corrected chi connectivity index (χ4v) is 1.76. The lowest BCUT2D eigenvalue weighted by Crippen LogP contribution is -2.37. The van der Waals surface area contributed by atoms with Crippen molar-refractivity contribution >= 4 is 10.9 Å².